The molecular weight excluding hydrogens is 230 g/mol. The lowest BCUT2D eigenvalue weighted by molar-refractivity contribution is 0.187. The molecule has 4 nitrogen and oxygen atoms in total. The van der Waals surface area contributed by atoms with Gasteiger partial charge in [0.2, 0.25) is 0 Å². The summed E-state index contributed by atoms with van der Waals surface area (Å²) in [6.45, 7) is -0.250. The van der Waals surface area contributed by atoms with Crippen molar-refractivity contribution in [3.63, 3.8) is 0 Å². The number of methoxy groups -OCH3 is 1. The van der Waals surface area contributed by atoms with Crippen molar-refractivity contribution in [3.05, 3.63) is 28.8 Å². The van der Waals surface area contributed by atoms with Crippen LogP contribution in [0, 0.1) is 11.8 Å². The molecule has 0 aliphatic heterocycles. The molecule has 0 aliphatic rings. The zero-order valence-corrected chi connectivity index (χ0v) is 9.34. The number of nitrogens with one attached hydrogen (secondary N) is 1. The number of rotatable bonds is 1. The van der Waals surface area contributed by atoms with Crippen molar-refractivity contribution in [3.8, 4) is 11.8 Å². The SMILES string of the molecule is COC(=O)Nc1cc(Cl)ccc1C#CCO. The molecule has 0 unspecified atom stereocenters. The van der Waals surface area contributed by atoms with E-state index in [1.54, 1.807) is 18.2 Å². The number of halogens is 1. The minimum atomic E-state index is -0.602. The number of anilines is 1. The molecule has 2 N–H and O–H groups in total. The second kappa shape index (κ2) is 6.01. The lowest BCUT2D eigenvalue weighted by atomic mass is 10.2. The van der Waals surface area contributed by atoms with Gasteiger partial charge in [-0.3, -0.25) is 5.32 Å². The van der Waals surface area contributed by atoms with Crippen LogP contribution in [0.2, 0.25) is 5.02 Å². The second-order valence-electron chi connectivity index (χ2n) is 2.77. The average Bonchev–Trinajstić information content (AvgIpc) is 2.28. The highest BCUT2D eigenvalue weighted by atomic mass is 35.5. The van der Waals surface area contributed by atoms with Crippen LogP contribution in [0.25, 0.3) is 0 Å². The Balaban J connectivity index is 3.03. The molecule has 0 bridgehead atoms. The number of hydrogen-bond acceptors (Lipinski definition) is 3. The highest BCUT2D eigenvalue weighted by Crippen LogP contribution is 2.20. The minimum absolute atomic E-state index is 0.250. The summed E-state index contributed by atoms with van der Waals surface area (Å²) in [4.78, 5) is 11.0. The first-order valence-corrected chi connectivity index (χ1v) is 4.79. The maximum absolute atomic E-state index is 11.0. The van der Waals surface area contributed by atoms with Gasteiger partial charge in [0.15, 0.2) is 0 Å². The smallest absolute Gasteiger partial charge is 0.411 e. The molecule has 1 rings (SSSR count). The molecule has 1 aromatic carbocycles. The predicted octanol–water partition coefficient (Wildman–Crippen LogP) is 1.86. The summed E-state index contributed by atoms with van der Waals surface area (Å²) >= 11 is 5.79. The van der Waals surface area contributed by atoms with Gasteiger partial charge in [0.25, 0.3) is 0 Å². The maximum atomic E-state index is 11.0. The predicted molar refractivity (Wildman–Crippen MR) is 61.4 cm³/mol. The van der Waals surface area contributed by atoms with E-state index < -0.39 is 6.09 Å². The average molecular weight is 240 g/mol. The van der Waals surface area contributed by atoms with Gasteiger partial charge in [-0.15, -0.1) is 0 Å². The largest absolute Gasteiger partial charge is 0.453 e. The van der Waals surface area contributed by atoms with Gasteiger partial charge in [0.1, 0.15) is 6.61 Å². The Hall–Kier alpha value is -1.70. The first-order chi connectivity index (χ1) is 7.67. The molecule has 0 aromatic heterocycles. The molecule has 0 aliphatic carbocycles. The van der Waals surface area contributed by atoms with Crippen LogP contribution >= 0.6 is 11.6 Å². The Kier molecular flexibility index (Phi) is 4.65. The lowest BCUT2D eigenvalue weighted by Crippen LogP contribution is -2.11. The van der Waals surface area contributed by atoms with Gasteiger partial charge in [-0.25, -0.2) is 4.79 Å². The monoisotopic (exact) mass is 239 g/mol. The number of ether oxygens (including phenoxy) is 1. The van der Waals surface area contributed by atoms with Gasteiger partial charge >= 0.3 is 6.09 Å². The van der Waals surface area contributed by atoms with E-state index in [1.807, 2.05) is 0 Å². The van der Waals surface area contributed by atoms with Gasteiger partial charge in [-0.2, -0.15) is 0 Å². The molecule has 84 valence electrons. The topological polar surface area (TPSA) is 58.6 Å². The molecule has 0 spiro atoms. The molecule has 0 heterocycles. The van der Waals surface area contributed by atoms with Crippen molar-refractivity contribution in [2.24, 2.45) is 0 Å². The summed E-state index contributed by atoms with van der Waals surface area (Å²) in [5.74, 6) is 5.18. The van der Waals surface area contributed by atoms with Crippen LogP contribution in [-0.4, -0.2) is 24.9 Å². The van der Waals surface area contributed by atoms with E-state index in [-0.39, 0.29) is 6.61 Å². The van der Waals surface area contributed by atoms with Crippen LogP contribution in [0.15, 0.2) is 18.2 Å². The van der Waals surface area contributed by atoms with Crippen molar-refractivity contribution in [1.29, 1.82) is 0 Å². The highest BCUT2D eigenvalue weighted by Gasteiger charge is 2.05. The fourth-order valence-electron chi connectivity index (χ4n) is 1.02. The lowest BCUT2D eigenvalue weighted by Gasteiger charge is -2.06. The van der Waals surface area contributed by atoms with E-state index in [4.69, 9.17) is 16.7 Å². The molecule has 0 saturated heterocycles. The third-order valence-corrected chi connectivity index (χ3v) is 1.94. The number of hydrogen-bond donors (Lipinski definition) is 2. The number of benzene rings is 1. The van der Waals surface area contributed by atoms with Crippen molar-refractivity contribution in [2.75, 3.05) is 19.0 Å². The van der Waals surface area contributed by atoms with Crippen LogP contribution in [0.5, 0.6) is 0 Å². The Morgan fingerprint density at radius 1 is 1.62 bits per heavy atom. The minimum Gasteiger partial charge on any atom is -0.453 e. The van der Waals surface area contributed by atoms with Gasteiger partial charge in [0, 0.05) is 10.6 Å². The van der Waals surface area contributed by atoms with E-state index in [2.05, 4.69) is 21.9 Å². The zero-order chi connectivity index (χ0) is 12.0. The van der Waals surface area contributed by atoms with E-state index in [0.29, 0.717) is 16.3 Å². The van der Waals surface area contributed by atoms with Gasteiger partial charge < -0.3 is 9.84 Å². The molecule has 16 heavy (non-hydrogen) atoms. The first-order valence-electron chi connectivity index (χ1n) is 4.41. The van der Waals surface area contributed by atoms with Crippen LogP contribution in [-0.2, 0) is 4.74 Å². The molecule has 1 aromatic rings. The van der Waals surface area contributed by atoms with Gasteiger partial charge in [0.05, 0.1) is 12.8 Å². The Labute approximate surface area is 98.2 Å². The fourth-order valence-corrected chi connectivity index (χ4v) is 1.20. The van der Waals surface area contributed by atoms with Crippen LogP contribution in [0.1, 0.15) is 5.56 Å². The molecule has 0 fully saturated rings. The molecule has 0 saturated carbocycles. The Morgan fingerprint density at radius 2 is 2.38 bits per heavy atom. The number of carbonyl (C=O) groups is 1. The molecule has 5 heteroatoms. The Morgan fingerprint density at radius 3 is 3.00 bits per heavy atom. The highest BCUT2D eigenvalue weighted by molar-refractivity contribution is 6.31. The van der Waals surface area contributed by atoms with E-state index in [1.165, 1.54) is 7.11 Å². The van der Waals surface area contributed by atoms with Crippen molar-refractivity contribution >= 4 is 23.4 Å². The summed E-state index contributed by atoms with van der Waals surface area (Å²) in [5, 5.41) is 11.5. The Bertz CT molecular complexity index is 448. The van der Waals surface area contributed by atoms with Crippen molar-refractivity contribution in [1.82, 2.24) is 0 Å². The summed E-state index contributed by atoms with van der Waals surface area (Å²) in [6.07, 6.45) is -0.602. The van der Waals surface area contributed by atoms with Crippen molar-refractivity contribution < 1.29 is 14.6 Å². The van der Waals surface area contributed by atoms with E-state index in [0.717, 1.165) is 0 Å². The van der Waals surface area contributed by atoms with Crippen molar-refractivity contribution in [2.45, 2.75) is 0 Å². The van der Waals surface area contributed by atoms with Crippen LogP contribution in [0.3, 0.4) is 0 Å². The summed E-state index contributed by atoms with van der Waals surface area (Å²) in [6, 6.07) is 4.85. The van der Waals surface area contributed by atoms with Crippen LogP contribution < -0.4 is 5.32 Å². The zero-order valence-electron chi connectivity index (χ0n) is 8.58. The molecular formula is C11H10ClNO3. The number of aliphatic hydroxyl groups excluding tert-OH is 1. The number of amides is 1. The molecule has 1 amide bonds. The van der Waals surface area contributed by atoms with Gasteiger partial charge in [-0.1, -0.05) is 23.4 Å². The second-order valence-corrected chi connectivity index (χ2v) is 3.20. The molecule has 0 radical (unpaired) electrons. The number of carbonyl (C=O) groups excluding carboxylic acids is 1. The summed E-state index contributed by atoms with van der Waals surface area (Å²) in [5.41, 5.74) is 1.00. The fraction of sp³-hybridized carbons (Fsp3) is 0.182. The quantitative estimate of drug-likeness (QED) is 0.736. The normalized spacial score (nSPS) is 8.94. The van der Waals surface area contributed by atoms with Gasteiger partial charge in [-0.05, 0) is 18.2 Å². The first kappa shape index (κ1) is 12.4. The third kappa shape index (κ3) is 3.46. The molecule has 0 atom stereocenters. The number of aliphatic hydroxyl groups is 1. The van der Waals surface area contributed by atoms with Crippen LogP contribution in [0.4, 0.5) is 10.5 Å². The maximum Gasteiger partial charge on any atom is 0.411 e. The third-order valence-electron chi connectivity index (χ3n) is 1.71. The van der Waals surface area contributed by atoms with E-state index >= 15 is 0 Å². The van der Waals surface area contributed by atoms with E-state index in [9.17, 15) is 4.79 Å². The summed E-state index contributed by atoms with van der Waals surface area (Å²) in [7, 11) is 1.26. The summed E-state index contributed by atoms with van der Waals surface area (Å²) < 4.78 is 4.46. The standard InChI is InChI=1S/C11H10ClNO3/c1-16-11(15)13-10-7-9(12)5-4-8(10)3-2-6-14/h4-5,7,14H,6H2,1H3,(H,13,15).